The molecule has 5 aromatic rings. The summed E-state index contributed by atoms with van der Waals surface area (Å²) >= 11 is 0. The van der Waals surface area contributed by atoms with Crippen LogP contribution in [0.3, 0.4) is 0 Å². The van der Waals surface area contributed by atoms with E-state index in [0.29, 0.717) is 18.7 Å². The van der Waals surface area contributed by atoms with Crippen LogP contribution in [0.1, 0.15) is 12.0 Å². The third-order valence-corrected chi connectivity index (χ3v) is 7.63. The van der Waals surface area contributed by atoms with Crippen molar-refractivity contribution in [3.8, 4) is 16.9 Å². The van der Waals surface area contributed by atoms with E-state index in [4.69, 9.17) is 9.84 Å². The zero-order valence-electron chi connectivity index (χ0n) is 19.0. The van der Waals surface area contributed by atoms with Crippen molar-refractivity contribution in [3.05, 3.63) is 78.8 Å². The van der Waals surface area contributed by atoms with E-state index < -0.39 is 10.0 Å². The summed E-state index contributed by atoms with van der Waals surface area (Å²) < 4.78 is 35.7. The molecule has 0 saturated heterocycles. The van der Waals surface area contributed by atoms with Crippen LogP contribution < -0.4 is 4.74 Å². The van der Waals surface area contributed by atoms with Crippen LogP contribution in [0.25, 0.3) is 33.1 Å². The summed E-state index contributed by atoms with van der Waals surface area (Å²) in [5.74, 6) is 0.721. The number of nitrogens with zero attached hydrogens (tertiary/aromatic N) is 3. The highest BCUT2D eigenvalue weighted by atomic mass is 32.2. The lowest BCUT2D eigenvalue weighted by Crippen LogP contribution is -2.12. The van der Waals surface area contributed by atoms with Gasteiger partial charge in [0.05, 0.1) is 11.5 Å². The maximum atomic E-state index is 13.3. The smallest absolute Gasteiger partial charge is 0.269 e. The molecule has 1 N–H and O–H groups in total. The molecule has 174 valence electrons. The van der Waals surface area contributed by atoms with Crippen LogP contribution in [0.5, 0.6) is 5.75 Å². The molecule has 8 heteroatoms. The van der Waals surface area contributed by atoms with Crippen LogP contribution in [0.2, 0.25) is 0 Å². The number of aliphatic hydroxyl groups excluding tert-OH is 1. The average molecular weight is 476 g/mol. The van der Waals surface area contributed by atoms with Crippen molar-refractivity contribution in [3.63, 3.8) is 0 Å². The molecule has 3 heterocycles. The second kappa shape index (κ2) is 8.62. The van der Waals surface area contributed by atoms with Gasteiger partial charge in [0.15, 0.2) is 5.65 Å². The van der Waals surface area contributed by atoms with Crippen LogP contribution in [-0.4, -0.2) is 40.3 Å². The summed E-state index contributed by atoms with van der Waals surface area (Å²) in [7, 11) is -1.81. The van der Waals surface area contributed by atoms with Gasteiger partial charge in [0.1, 0.15) is 5.75 Å². The monoisotopic (exact) mass is 475 g/mol. The Labute approximate surface area is 197 Å². The number of aromatic nitrogens is 3. The number of hydrogen-bond donors (Lipinski definition) is 1. The molecular formula is C26H25N3O4S. The van der Waals surface area contributed by atoms with Crippen molar-refractivity contribution < 1.29 is 18.3 Å². The first-order valence-corrected chi connectivity index (χ1v) is 12.5. The number of benzene rings is 2. The highest BCUT2D eigenvalue weighted by Gasteiger charge is 2.22. The van der Waals surface area contributed by atoms with Gasteiger partial charge in [-0.15, -0.1) is 0 Å². The van der Waals surface area contributed by atoms with E-state index in [1.54, 1.807) is 42.7 Å². The summed E-state index contributed by atoms with van der Waals surface area (Å²) in [6.07, 6.45) is 5.79. The second-order valence-electron chi connectivity index (χ2n) is 8.28. The molecule has 2 aromatic carbocycles. The van der Waals surface area contributed by atoms with Gasteiger partial charge in [-0.1, -0.05) is 17.7 Å². The molecule has 3 aromatic heterocycles. The van der Waals surface area contributed by atoms with E-state index in [1.807, 2.05) is 49.0 Å². The Bertz CT molecular complexity index is 1600. The van der Waals surface area contributed by atoms with Crippen LogP contribution in [0.4, 0.5) is 0 Å². The Hall–Kier alpha value is -3.62. The summed E-state index contributed by atoms with van der Waals surface area (Å²) in [4.78, 5) is 4.64. The Balaban J connectivity index is 1.64. The summed E-state index contributed by atoms with van der Waals surface area (Å²) in [5, 5.41) is 10.8. The molecular weight excluding hydrogens is 450 g/mol. The fourth-order valence-electron chi connectivity index (χ4n) is 4.20. The molecule has 0 amide bonds. The number of hydrogen-bond acceptors (Lipinski definition) is 5. The number of ether oxygens (including phenoxy) is 1. The maximum absolute atomic E-state index is 13.3. The lowest BCUT2D eigenvalue weighted by Gasteiger charge is -2.09. The van der Waals surface area contributed by atoms with Crippen molar-refractivity contribution in [2.24, 2.45) is 7.05 Å². The normalized spacial score (nSPS) is 12.0. The first-order valence-electron chi connectivity index (χ1n) is 11.0. The average Bonchev–Trinajstić information content (AvgIpc) is 3.41. The topological polar surface area (TPSA) is 86.4 Å². The quantitative estimate of drug-likeness (QED) is 0.350. The molecule has 0 aliphatic heterocycles. The van der Waals surface area contributed by atoms with E-state index >= 15 is 0 Å². The van der Waals surface area contributed by atoms with Gasteiger partial charge >= 0.3 is 0 Å². The SMILES string of the molecule is Cc1ccc(S(=O)(=O)n2ccc3c(-c4cn(C)c5ccc(OCCCO)cc45)ccnc32)cc1. The molecule has 0 aliphatic carbocycles. The highest BCUT2D eigenvalue weighted by molar-refractivity contribution is 7.90. The molecule has 5 rings (SSSR count). The van der Waals surface area contributed by atoms with Crippen molar-refractivity contribution in [2.75, 3.05) is 13.2 Å². The fourth-order valence-corrected chi connectivity index (χ4v) is 5.50. The van der Waals surface area contributed by atoms with Gasteiger partial charge in [-0.05, 0) is 55.0 Å². The molecule has 0 atom stereocenters. The minimum absolute atomic E-state index is 0.0797. The van der Waals surface area contributed by atoms with E-state index in [-0.39, 0.29) is 11.5 Å². The summed E-state index contributed by atoms with van der Waals surface area (Å²) in [6, 6.07) is 16.4. The van der Waals surface area contributed by atoms with E-state index in [2.05, 4.69) is 4.98 Å². The second-order valence-corrected chi connectivity index (χ2v) is 10.1. The van der Waals surface area contributed by atoms with Crippen molar-refractivity contribution in [2.45, 2.75) is 18.2 Å². The van der Waals surface area contributed by atoms with Crippen molar-refractivity contribution >= 4 is 32.0 Å². The number of aryl methyl sites for hydroxylation is 2. The third kappa shape index (κ3) is 3.74. The number of pyridine rings is 1. The maximum Gasteiger partial charge on any atom is 0.269 e. The predicted molar refractivity (Wildman–Crippen MR) is 133 cm³/mol. The Kier molecular flexibility index (Phi) is 5.63. The minimum atomic E-state index is -3.79. The van der Waals surface area contributed by atoms with Crippen LogP contribution in [-0.2, 0) is 17.1 Å². The van der Waals surface area contributed by atoms with Gasteiger partial charge in [-0.3, -0.25) is 0 Å². The van der Waals surface area contributed by atoms with Crippen LogP contribution >= 0.6 is 0 Å². The van der Waals surface area contributed by atoms with Gasteiger partial charge in [-0.2, -0.15) is 0 Å². The molecule has 0 aliphatic rings. The molecule has 7 nitrogen and oxygen atoms in total. The standard InChI is InChI=1S/C26H25N3O4S/c1-18-4-7-20(8-5-18)34(31,32)29-13-11-22-21(10-12-27-26(22)29)24-17-28(2)25-9-6-19(16-23(24)25)33-15-3-14-30/h4-13,16-17,30H,3,14-15H2,1-2H3. The van der Waals surface area contributed by atoms with E-state index in [9.17, 15) is 8.42 Å². The third-order valence-electron chi connectivity index (χ3n) is 5.95. The predicted octanol–water partition coefficient (Wildman–Crippen LogP) is 4.50. The van der Waals surface area contributed by atoms with Gasteiger partial charge in [-0.25, -0.2) is 17.4 Å². The van der Waals surface area contributed by atoms with E-state index in [1.165, 1.54) is 3.97 Å². The first kappa shape index (κ1) is 22.2. The van der Waals surface area contributed by atoms with Gasteiger partial charge < -0.3 is 14.4 Å². The highest BCUT2D eigenvalue weighted by Crippen LogP contribution is 2.37. The summed E-state index contributed by atoms with van der Waals surface area (Å²) in [5.41, 5.74) is 4.25. The molecule has 0 bridgehead atoms. The number of aliphatic hydroxyl groups is 1. The van der Waals surface area contributed by atoms with Crippen molar-refractivity contribution in [1.29, 1.82) is 0 Å². The largest absolute Gasteiger partial charge is 0.493 e. The molecule has 0 saturated carbocycles. The zero-order valence-corrected chi connectivity index (χ0v) is 19.8. The molecule has 34 heavy (non-hydrogen) atoms. The Morgan fingerprint density at radius 3 is 2.56 bits per heavy atom. The minimum Gasteiger partial charge on any atom is -0.493 e. The van der Waals surface area contributed by atoms with Gasteiger partial charge in [0.25, 0.3) is 10.0 Å². The van der Waals surface area contributed by atoms with Crippen molar-refractivity contribution in [1.82, 2.24) is 13.5 Å². The molecule has 0 fully saturated rings. The van der Waals surface area contributed by atoms with Crippen LogP contribution in [0.15, 0.2) is 78.1 Å². The zero-order chi connectivity index (χ0) is 23.9. The number of fused-ring (bicyclic) bond motifs is 2. The fraction of sp³-hybridized carbons (Fsp3) is 0.192. The Morgan fingerprint density at radius 1 is 1.00 bits per heavy atom. The molecule has 0 unspecified atom stereocenters. The molecule has 0 radical (unpaired) electrons. The van der Waals surface area contributed by atoms with Gasteiger partial charge in [0.2, 0.25) is 0 Å². The Morgan fingerprint density at radius 2 is 1.79 bits per heavy atom. The lowest BCUT2D eigenvalue weighted by molar-refractivity contribution is 0.234. The number of rotatable bonds is 7. The van der Waals surface area contributed by atoms with E-state index in [0.717, 1.165) is 38.7 Å². The summed E-state index contributed by atoms with van der Waals surface area (Å²) in [6.45, 7) is 2.43. The van der Waals surface area contributed by atoms with Gasteiger partial charge in [0, 0.05) is 60.5 Å². The lowest BCUT2D eigenvalue weighted by atomic mass is 10.0. The first-order chi connectivity index (χ1) is 16.4. The molecule has 0 spiro atoms. The van der Waals surface area contributed by atoms with Crippen LogP contribution in [0, 0.1) is 6.92 Å².